The highest BCUT2D eigenvalue weighted by Crippen LogP contribution is 2.20. The van der Waals surface area contributed by atoms with Gasteiger partial charge in [-0.3, -0.25) is 9.69 Å². The predicted molar refractivity (Wildman–Crippen MR) is 56.1 cm³/mol. The van der Waals surface area contributed by atoms with Crippen LogP contribution >= 0.6 is 15.9 Å². The SMILES string of the molecule is Cc1cc(N2CCCC2=O)nc(Br)n1. The molecule has 0 bridgehead atoms. The second-order valence-electron chi connectivity index (χ2n) is 3.29. The Morgan fingerprint density at radius 3 is 2.86 bits per heavy atom. The molecule has 5 heteroatoms. The Bertz CT molecular complexity index is 360. The summed E-state index contributed by atoms with van der Waals surface area (Å²) in [5, 5.41) is 0. The van der Waals surface area contributed by atoms with E-state index in [1.807, 2.05) is 13.0 Å². The van der Waals surface area contributed by atoms with Crippen molar-refractivity contribution in [1.29, 1.82) is 0 Å². The highest BCUT2D eigenvalue weighted by atomic mass is 79.9. The molecule has 14 heavy (non-hydrogen) atoms. The Morgan fingerprint density at radius 2 is 2.29 bits per heavy atom. The monoisotopic (exact) mass is 255 g/mol. The Hall–Kier alpha value is -0.970. The van der Waals surface area contributed by atoms with E-state index in [4.69, 9.17) is 0 Å². The van der Waals surface area contributed by atoms with Crippen molar-refractivity contribution in [2.24, 2.45) is 0 Å². The average Bonchev–Trinajstić information content (AvgIpc) is 2.49. The van der Waals surface area contributed by atoms with Gasteiger partial charge >= 0.3 is 0 Å². The van der Waals surface area contributed by atoms with E-state index < -0.39 is 0 Å². The number of aryl methyl sites for hydroxylation is 1. The molecule has 4 nitrogen and oxygen atoms in total. The van der Waals surface area contributed by atoms with Gasteiger partial charge in [-0.15, -0.1) is 0 Å². The van der Waals surface area contributed by atoms with Crippen molar-refractivity contribution in [3.05, 3.63) is 16.5 Å². The van der Waals surface area contributed by atoms with Crippen molar-refractivity contribution in [2.45, 2.75) is 19.8 Å². The molecule has 1 aliphatic rings. The van der Waals surface area contributed by atoms with Crippen molar-refractivity contribution in [3.63, 3.8) is 0 Å². The number of aromatic nitrogens is 2. The van der Waals surface area contributed by atoms with Crippen LogP contribution in [0.2, 0.25) is 0 Å². The van der Waals surface area contributed by atoms with Crippen LogP contribution in [-0.4, -0.2) is 22.4 Å². The summed E-state index contributed by atoms with van der Waals surface area (Å²) in [7, 11) is 0. The van der Waals surface area contributed by atoms with Crippen LogP contribution in [0.5, 0.6) is 0 Å². The largest absolute Gasteiger partial charge is 0.297 e. The van der Waals surface area contributed by atoms with E-state index >= 15 is 0 Å². The number of carbonyl (C=O) groups is 1. The van der Waals surface area contributed by atoms with Crippen LogP contribution in [0.3, 0.4) is 0 Å². The molecule has 1 saturated heterocycles. The second-order valence-corrected chi connectivity index (χ2v) is 3.99. The number of nitrogens with zero attached hydrogens (tertiary/aromatic N) is 3. The molecule has 0 atom stereocenters. The van der Waals surface area contributed by atoms with E-state index in [0.29, 0.717) is 17.0 Å². The molecule has 0 unspecified atom stereocenters. The maximum atomic E-state index is 11.4. The number of hydrogen-bond donors (Lipinski definition) is 0. The van der Waals surface area contributed by atoms with Gasteiger partial charge in [0.2, 0.25) is 5.91 Å². The Labute approximate surface area is 90.5 Å². The van der Waals surface area contributed by atoms with Crippen LogP contribution in [0.4, 0.5) is 5.82 Å². The van der Waals surface area contributed by atoms with Crippen LogP contribution in [-0.2, 0) is 4.79 Å². The van der Waals surface area contributed by atoms with Crippen LogP contribution in [0.15, 0.2) is 10.8 Å². The van der Waals surface area contributed by atoms with Gasteiger partial charge in [-0.1, -0.05) is 0 Å². The van der Waals surface area contributed by atoms with Gasteiger partial charge in [-0.2, -0.15) is 0 Å². The molecule has 1 aromatic heterocycles. The van der Waals surface area contributed by atoms with E-state index in [9.17, 15) is 4.79 Å². The average molecular weight is 256 g/mol. The Kier molecular flexibility index (Phi) is 2.50. The predicted octanol–water partition coefficient (Wildman–Crippen LogP) is 1.67. The molecule has 0 aliphatic carbocycles. The minimum atomic E-state index is 0.148. The molecule has 1 amide bonds. The molecule has 0 spiro atoms. The van der Waals surface area contributed by atoms with Crippen molar-refractivity contribution >= 4 is 27.7 Å². The number of rotatable bonds is 1. The molecule has 1 aliphatic heterocycles. The van der Waals surface area contributed by atoms with Crippen LogP contribution in [0, 0.1) is 6.92 Å². The van der Waals surface area contributed by atoms with Gasteiger partial charge in [-0.05, 0) is 29.3 Å². The topological polar surface area (TPSA) is 46.1 Å². The minimum Gasteiger partial charge on any atom is -0.297 e. The summed E-state index contributed by atoms with van der Waals surface area (Å²) in [4.78, 5) is 21.4. The lowest BCUT2D eigenvalue weighted by molar-refractivity contribution is -0.117. The molecule has 0 saturated carbocycles. The molecule has 1 fully saturated rings. The lowest BCUT2D eigenvalue weighted by Gasteiger charge is -2.14. The highest BCUT2D eigenvalue weighted by molar-refractivity contribution is 9.10. The lowest BCUT2D eigenvalue weighted by atomic mass is 10.4. The van der Waals surface area contributed by atoms with Gasteiger partial charge in [0.25, 0.3) is 0 Å². The van der Waals surface area contributed by atoms with Crippen molar-refractivity contribution in [2.75, 3.05) is 11.4 Å². The Morgan fingerprint density at radius 1 is 1.50 bits per heavy atom. The molecule has 0 radical (unpaired) electrons. The second kappa shape index (κ2) is 3.65. The summed E-state index contributed by atoms with van der Waals surface area (Å²) in [5.74, 6) is 0.849. The first kappa shape index (κ1) is 9.58. The molecule has 2 heterocycles. The maximum Gasteiger partial charge on any atom is 0.228 e. The van der Waals surface area contributed by atoms with Gasteiger partial charge < -0.3 is 0 Å². The first-order chi connectivity index (χ1) is 6.66. The third-order valence-corrected chi connectivity index (χ3v) is 2.52. The van der Waals surface area contributed by atoms with Crippen LogP contribution < -0.4 is 4.90 Å². The van der Waals surface area contributed by atoms with Crippen LogP contribution in [0.25, 0.3) is 0 Å². The molecular weight excluding hydrogens is 246 g/mol. The summed E-state index contributed by atoms with van der Waals surface area (Å²) in [5.41, 5.74) is 0.863. The van der Waals surface area contributed by atoms with Crippen molar-refractivity contribution in [1.82, 2.24) is 9.97 Å². The fourth-order valence-electron chi connectivity index (χ4n) is 1.55. The van der Waals surface area contributed by atoms with E-state index in [0.717, 1.165) is 18.7 Å². The van der Waals surface area contributed by atoms with Gasteiger partial charge in [0, 0.05) is 24.7 Å². The van der Waals surface area contributed by atoms with Crippen molar-refractivity contribution in [3.8, 4) is 0 Å². The number of anilines is 1. The standard InChI is InChI=1S/C9H10BrN3O/c1-6-5-7(12-9(10)11-6)13-4-2-3-8(13)14/h5H,2-4H2,1H3. The summed E-state index contributed by atoms with van der Waals surface area (Å²) in [6.07, 6.45) is 1.54. The van der Waals surface area contributed by atoms with Gasteiger partial charge in [0.05, 0.1) is 0 Å². The number of hydrogen-bond acceptors (Lipinski definition) is 3. The fourth-order valence-corrected chi connectivity index (χ4v) is 2.01. The van der Waals surface area contributed by atoms with Crippen LogP contribution in [0.1, 0.15) is 18.5 Å². The molecule has 1 aromatic rings. The molecular formula is C9H10BrN3O. The Balaban J connectivity index is 2.35. The zero-order valence-electron chi connectivity index (χ0n) is 7.83. The molecule has 0 N–H and O–H groups in total. The summed E-state index contributed by atoms with van der Waals surface area (Å²) in [6, 6.07) is 1.83. The zero-order valence-corrected chi connectivity index (χ0v) is 9.41. The third kappa shape index (κ3) is 1.77. The number of amides is 1. The smallest absolute Gasteiger partial charge is 0.228 e. The number of halogens is 1. The summed E-state index contributed by atoms with van der Waals surface area (Å²) < 4.78 is 0.534. The van der Waals surface area contributed by atoms with Gasteiger partial charge in [0.1, 0.15) is 5.82 Å². The quantitative estimate of drug-likeness (QED) is 0.718. The maximum absolute atomic E-state index is 11.4. The van der Waals surface area contributed by atoms with E-state index in [2.05, 4.69) is 25.9 Å². The van der Waals surface area contributed by atoms with Gasteiger partial charge in [-0.25, -0.2) is 9.97 Å². The molecule has 2 rings (SSSR count). The molecule has 74 valence electrons. The summed E-state index contributed by atoms with van der Waals surface area (Å²) in [6.45, 7) is 2.65. The third-order valence-electron chi connectivity index (χ3n) is 2.16. The number of carbonyl (C=O) groups excluding carboxylic acids is 1. The van der Waals surface area contributed by atoms with Crippen molar-refractivity contribution < 1.29 is 4.79 Å². The first-order valence-corrected chi connectivity index (χ1v) is 5.27. The first-order valence-electron chi connectivity index (χ1n) is 4.48. The van der Waals surface area contributed by atoms with E-state index in [1.54, 1.807) is 4.90 Å². The van der Waals surface area contributed by atoms with Gasteiger partial charge in [0.15, 0.2) is 4.73 Å². The normalized spacial score (nSPS) is 16.4. The zero-order chi connectivity index (χ0) is 10.1. The fraction of sp³-hybridized carbons (Fsp3) is 0.444. The van der Waals surface area contributed by atoms with E-state index in [1.165, 1.54) is 0 Å². The highest BCUT2D eigenvalue weighted by Gasteiger charge is 2.23. The minimum absolute atomic E-state index is 0.148. The lowest BCUT2D eigenvalue weighted by Crippen LogP contribution is -2.25. The molecule has 0 aromatic carbocycles. The van der Waals surface area contributed by atoms with E-state index in [-0.39, 0.29) is 5.91 Å². The summed E-state index contributed by atoms with van der Waals surface area (Å²) >= 11 is 3.22.